The van der Waals surface area contributed by atoms with Gasteiger partial charge in [0.1, 0.15) is 5.25 Å². The van der Waals surface area contributed by atoms with Gasteiger partial charge in [-0.3, -0.25) is 9.59 Å². The van der Waals surface area contributed by atoms with Crippen molar-refractivity contribution in [2.45, 2.75) is 37.9 Å². The van der Waals surface area contributed by atoms with Gasteiger partial charge in [-0.25, -0.2) is 0 Å². The molecule has 0 aliphatic carbocycles. The maximum Gasteiger partial charge on any atom is 0.305 e. The van der Waals surface area contributed by atoms with Gasteiger partial charge in [-0.1, -0.05) is 31.5 Å². The molecule has 8 nitrogen and oxygen atoms in total. The lowest BCUT2D eigenvalue weighted by molar-refractivity contribution is -0.138. The number of hydrogen-bond donors (Lipinski definition) is 2. The molecule has 1 aliphatic rings. The zero-order chi connectivity index (χ0) is 19.6. The lowest BCUT2D eigenvalue weighted by Crippen LogP contribution is -2.26. The van der Waals surface area contributed by atoms with Crippen LogP contribution in [-0.2, 0) is 9.59 Å². The summed E-state index contributed by atoms with van der Waals surface area (Å²) in [4.78, 5) is 22.4. The van der Waals surface area contributed by atoms with E-state index in [1.54, 1.807) is 13.2 Å². The Bertz CT molecular complexity index is 736. The molecule has 0 spiro atoms. The van der Waals surface area contributed by atoms with Gasteiger partial charge < -0.3 is 19.9 Å². The number of carbonyl (C=O) groups excluding carboxylic acids is 1. The van der Waals surface area contributed by atoms with Crippen molar-refractivity contribution >= 4 is 35.0 Å². The fraction of sp³-hybridized carbons (Fsp3) is 0.444. The van der Waals surface area contributed by atoms with E-state index >= 15 is 0 Å². The van der Waals surface area contributed by atoms with Crippen LogP contribution in [-0.4, -0.2) is 47.3 Å². The minimum Gasteiger partial charge on any atom is -0.493 e. The Morgan fingerprint density at radius 1 is 1.37 bits per heavy atom. The first-order chi connectivity index (χ1) is 13.0. The second-order valence-electron chi connectivity index (χ2n) is 5.81. The van der Waals surface area contributed by atoms with E-state index in [1.165, 1.54) is 6.21 Å². The van der Waals surface area contributed by atoms with E-state index in [2.05, 4.69) is 22.4 Å². The summed E-state index contributed by atoms with van der Waals surface area (Å²) in [6, 6.07) is 5.43. The number of benzene rings is 1. The molecular weight excluding hydrogens is 370 g/mol. The Hall–Kier alpha value is -2.55. The number of nitrogens with one attached hydrogen (secondary N) is 1. The van der Waals surface area contributed by atoms with Crippen LogP contribution in [0.4, 0.5) is 0 Å². The van der Waals surface area contributed by atoms with E-state index in [0.29, 0.717) is 18.1 Å². The Balaban J connectivity index is 1.96. The normalized spacial score (nSPS) is 18.1. The average Bonchev–Trinajstić information content (AvgIpc) is 2.98. The molecule has 146 valence electrons. The molecule has 1 aromatic rings. The monoisotopic (exact) mass is 393 g/mol. The summed E-state index contributed by atoms with van der Waals surface area (Å²) in [7, 11) is 1.57. The number of rotatable bonds is 10. The number of aliphatic carboxylic acids is 1. The number of methoxy groups -OCH3 is 1. The Morgan fingerprint density at radius 3 is 2.89 bits per heavy atom. The van der Waals surface area contributed by atoms with Crippen molar-refractivity contribution in [2.75, 3.05) is 13.7 Å². The molecule has 1 aromatic carbocycles. The largest absolute Gasteiger partial charge is 0.493 e. The van der Waals surface area contributed by atoms with Crippen LogP contribution < -0.4 is 14.8 Å². The van der Waals surface area contributed by atoms with Crippen molar-refractivity contribution in [2.24, 2.45) is 10.2 Å². The lowest BCUT2D eigenvalue weighted by Gasteiger charge is -2.10. The summed E-state index contributed by atoms with van der Waals surface area (Å²) in [5.74, 6) is -0.126. The molecule has 0 radical (unpaired) electrons. The molecule has 1 fully saturated rings. The second kappa shape index (κ2) is 10.6. The number of nitrogens with zero attached hydrogens (tertiary/aromatic N) is 2. The number of thioether (sulfide) groups is 1. The SMILES string of the molecule is CCCCCOc1ccc(C=NN=C2NC(=O)C(CC(=O)O)S2)cc1OC. The first-order valence-electron chi connectivity index (χ1n) is 8.64. The zero-order valence-corrected chi connectivity index (χ0v) is 16.1. The predicted molar refractivity (Wildman–Crippen MR) is 105 cm³/mol. The summed E-state index contributed by atoms with van der Waals surface area (Å²) in [6.07, 6.45) is 4.51. The topological polar surface area (TPSA) is 110 Å². The Morgan fingerprint density at radius 2 is 2.19 bits per heavy atom. The number of unbranched alkanes of at least 4 members (excludes halogenated alkanes) is 2. The standard InChI is InChI=1S/C18H23N3O5S/c1-3-4-5-8-26-13-7-6-12(9-14(13)25-2)11-19-21-18-20-17(24)15(27-18)10-16(22)23/h6-7,9,11,15H,3-5,8,10H2,1-2H3,(H,22,23)(H,20,21,24). The van der Waals surface area contributed by atoms with Gasteiger partial charge in [0.15, 0.2) is 16.7 Å². The summed E-state index contributed by atoms with van der Waals surface area (Å²) < 4.78 is 11.1. The third kappa shape index (κ3) is 6.59. The highest BCUT2D eigenvalue weighted by Gasteiger charge is 2.32. The molecule has 1 heterocycles. The smallest absolute Gasteiger partial charge is 0.305 e. The fourth-order valence-electron chi connectivity index (χ4n) is 2.31. The molecule has 9 heteroatoms. The van der Waals surface area contributed by atoms with Crippen molar-refractivity contribution in [3.05, 3.63) is 23.8 Å². The minimum atomic E-state index is -1.03. The minimum absolute atomic E-state index is 0.254. The van der Waals surface area contributed by atoms with Crippen molar-refractivity contribution in [3.63, 3.8) is 0 Å². The zero-order valence-electron chi connectivity index (χ0n) is 15.3. The lowest BCUT2D eigenvalue weighted by atomic mass is 10.2. The first kappa shape index (κ1) is 20.8. The van der Waals surface area contributed by atoms with Crippen LogP contribution in [0, 0.1) is 0 Å². The van der Waals surface area contributed by atoms with E-state index < -0.39 is 11.2 Å². The third-order valence-electron chi connectivity index (χ3n) is 3.68. The molecule has 0 saturated carbocycles. The van der Waals surface area contributed by atoms with Crippen LogP contribution in [0.25, 0.3) is 0 Å². The fourth-order valence-corrected chi connectivity index (χ4v) is 3.23. The third-order valence-corrected chi connectivity index (χ3v) is 4.76. The Labute approximate surface area is 162 Å². The van der Waals surface area contributed by atoms with Gasteiger partial charge in [-0.05, 0) is 30.2 Å². The molecule has 1 aliphatic heterocycles. The molecule has 1 amide bonds. The number of amidine groups is 1. The van der Waals surface area contributed by atoms with Gasteiger partial charge in [-0.15, -0.1) is 5.10 Å². The molecule has 0 bridgehead atoms. The predicted octanol–water partition coefficient (Wildman–Crippen LogP) is 2.66. The average molecular weight is 393 g/mol. The van der Waals surface area contributed by atoms with E-state index in [4.69, 9.17) is 14.6 Å². The number of carboxylic acid groups (broad SMARTS) is 1. The van der Waals surface area contributed by atoms with Gasteiger partial charge in [0.05, 0.1) is 26.4 Å². The molecule has 1 atom stereocenters. The maximum absolute atomic E-state index is 11.6. The van der Waals surface area contributed by atoms with Gasteiger partial charge >= 0.3 is 5.97 Å². The molecule has 0 aromatic heterocycles. The number of carboxylic acids is 1. The molecular formula is C18H23N3O5S. The second-order valence-corrected chi connectivity index (χ2v) is 7.00. The van der Waals surface area contributed by atoms with Crippen LogP contribution in [0.3, 0.4) is 0 Å². The van der Waals surface area contributed by atoms with Crippen LogP contribution in [0.2, 0.25) is 0 Å². The van der Waals surface area contributed by atoms with Gasteiger partial charge in [0.2, 0.25) is 5.91 Å². The van der Waals surface area contributed by atoms with Gasteiger partial charge in [0.25, 0.3) is 0 Å². The molecule has 2 rings (SSSR count). The summed E-state index contributed by atoms with van der Waals surface area (Å²) in [5.41, 5.74) is 0.758. The summed E-state index contributed by atoms with van der Waals surface area (Å²) >= 11 is 1.06. The molecule has 27 heavy (non-hydrogen) atoms. The number of hydrogen-bond acceptors (Lipinski definition) is 7. The highest BCUT2D eigenvalue weighted by atomic mass is 32.2. The van der Waals surface area contributed by atoms with E-state index in [9.17, 15) is 9.59 Å². The van der Waals surface area contributed by atoms with Crippen molar-refractivity contribution in [1.82, 2.24) is 5.32 Å². The quantitative estimate of drug-likeness (QED) is 0.359. The van der Waals surface area contributed by atoms with Crippen LogP contribution in [0.1, 0.15) is 38.2 Å². The van der Waals surface area contributed by atoms with Crippen molar-refractivity contribution in [3.8, 4) is 11.5 Å². The molecule has 1 saturated heterocycles. The van der Waals surface area contributed by atoms with Crippen LogP contribution in [0.5, 0.6) is 11.5 Å². The van der Waals surface area contributed by atoms with Gasteiger partial charge in [-0.2, -0.15) is 5.10 Å². The molecule has 2 N–H and O–H groups in total. The number of ether oxygens (including phenoxy) is 2. The first-order valence-corrected chi connectivity index (χ1v) is 9.52. The van der Waals surface area contributed by atoms with E-state index in [-0.39, 0.29) is 17.5 Å². The maximum atomic E-state index is 11.6. The Kier molecular flexibility index (Phi) is 8.12. The number of amides is 1. The van der Waals surface area contributed by atoms with Gasteiger partial charge in [0, 0.05) is 0 Å². The van der Waals surface area contributed by atoms with Crippen LogP contribution in [0.15, 0.2) is 28.4 Å². The number of carbonyl (C=O) groups is 2. The van der Waals surface area contributed by atoms with E-state index in [0.717, 1.165) is 36.6 Å². The highest BCUT2D eigenvalue weighted by molar-refractivity contribution is 8.15. The summed E-state index contributed by atoms with van der Waals surface area (Å²) in [5, 5.41) is 18.8. The highest BCUT2D eigenvalue weighted by Crippen LogP contribution is 2.28. The van der Waals surface area contributed by atoms with Crippen molar-refractivity contribution in [1.29, 1.82) is 0 Å². The molecule has 1 unspecified atom stereocenters. The summed E-state index contributed by atoms with van der Waals surface area (Å²) in [6.45, 7) is 2.78. The van der Waals surface area contributed by atoms with Crippen LogP contribution >= 0.6 is 11.8 Å². The van der Waals surface area contributed by atoms with E-state index in [1.807, 2.05) is 12.1 Å². The van der Waals surface area contributed by atoms with Crippen molar-refractivity contribution < 1.29 is 24.2 Å².